The molecule has 2 unspecified atom stereocenters. The summed E-state index contributed by atoms with van der Waals surface area (Å²) < 4.78 is 19.9. The Kier molecular flexibility index (Phi) is 5.62. The number of piperidine rings is 1. The van der Waals surface area contributed by atoms with E-state index in [9.17, 15) is 9.18 Å². The second kappa shape index (κ2) is 8.48. The van der Waals surface area contributed by atoms with Crippen LogP contribution in [0.2, 0.25) is 0 Å². The summed E-state index contributed by atoms with van der Waals surface area (Å²) in [5.74, 6) is -0.347. The Labute approximate surface area is 170 Å². The highest BCUT2D eigenvalue weighted by molar-refractivity contribution is 5.74. The summed E-state index contributed by atoms with van der Waals surface area (Å²) in [6.45, 7) is 0.262. The van der Waals surface area contributed by atoms with Crippen LogP contribution in [0.3, 0.4) is 0 Å². The van der Waals surface area contributed by atoms with Gasteiger partial charge in [-0.25, -0.2) is 9.18 Å². The van der Waals surface area contributed by atoms with E-state index in [0.29, 0.717) is 12.0 Å². The first-order chi connectivity index (χ1) is 14.2. The average molecular weight is 390 g/mol. The van der Waals surface area contributed by atoms with E-state index in [4.69, 9.17) is 10.00 Å². The zero-order valence-corrected chi connectivity index (χ0v) is 16.2. The molecule has 0 spiro atoms. The third-order valence-corrected chi connectivity index (χ3v) is 5.75. The van der Waals surface area contributed by atoms with Crippen LogP contribution in [0, 0.1) is 17.1 Å². The number of carbonyl (C=O) groups excluding carboxylic acids is 1. The van der Waals surface area contributed by atoms with Gasteiger partial charge in [-0.1, -0.05) is 48.5 Å². The van der Waals surface area contributed by atoms with Crippen molar-refractivity contribution in [1.29, 1.82) is 5.26 Å². The number of rotatable bonds is 4. The number of amides is 1. The lowest BCUT2D eigenvalue weighted by Gasteiger charge is -2.44. The number of benzene rings is 2. The molecule has 1 saturated heterocycles. The molecule has 0 aromatic heterocycles. The van der Waals surface area contributed by atoms with E-state index in [0.717, 1.165) is 36.0 Å². The Morgan fingerprint density at radius 2 is 2.03 bits per heavy atom. The maximum absolute atomic E-state index is 14.3. The largest absolute Gasteiger partial charge is 0.445 e. The Balaban J connectivity index is 1.50. The van der Waals surface area contributed by atoms with Crippen molar-refractivity contribution in [3.05, 3.63) is 77.1 Å². The maximum atomic E-state index is 14.3. The SMILES string of the molecule is N#CCc1ccc(C2=CC3CCCC(C2)N3C(=O)OCc2ccccc2)cc1F. The highest BCUT2D eigenvalue weighted by Gasteiger charge is 2.38. The Bertz CT molecular complexity index is 965. The standard InChI is InChI=1S/C24H23FN2O2/c25-23-15-19(10-9-18(23)11-12-26)20-13-21-7-4-8-22(14-20)27(21)24(28)29-16-17-5-2-1-3-6-17/h1-3,5-6,9-10,13,15,21-22H,4,7-8,11,14,16H2. The fourth-order valence-electron chi connectivity index (χ4n) is 4.30. The van der Waals surface area contributed by atoms with E-state index in [-0.39, 0.29) is 37.0 Å². The van der Waals surface area contributed by atoms with Gasteiger partial charge in [-0.3, -0.25) is 4.90 Å². The number of nitrogens with zero attached hydrogens (tertiary/aromatic N) is 2. The highest BCUT2D eigenvalue weighted by atomic mass is 19.1. The van der Waals surface area contributed by atoms with Gasteiger partial charge < -0.3 is 4.74 Å². The molecule has 2 aliphatic rings. The molecule has 0 N–H and O–H groups in total. The first-order valence-corrected chi connectivity index (χ1v) is 10.0. The average Bonchev–Trinajstić information content (AvgIpc) is 2.73. The summed E-state index contributed by atoms with van der Waals surface area (Å²) in [5, 5.41) is 8.79. The van der Waals surface area contributed by atoms with Gasteiger partial charge in [0.25, 0.3) is 0 Å². The zero-order valence-electron chi connectivity index (χ0n) is 16.2. The van der Waals surface area contributed by atoms with Gasteiger partial charge >= 0.3 is 6.09 Å². The molecule has 148 valence electrons. The number of ether oxygens (including phenoxy) is 1. The molecule has 1 amide bonds. The molecule has 0 radical (unpaired) electrons. The van der Waals surface area contributed by atoms with E-state index in [1.165, 1.54) is 6.07 Å². The van der Waals surface area contributed by atoms with Crippen molar-refractivity contribution < 1.29 is 13.9 Å². The van der Waals surface area contributed by atoms with Crippen LogP contribution in [0.15, 0.2) is 54.6 Å². The van der Waals surface area contributed by atoms with Crippen LogP contribution in [0.1, 0.15) is 42.4 Å². The van der Waals surface area contributed by atoms with Crippen LogP contribution in [0.4, 0.5) is 9.18 Å². The van der Waals surface area contributed by atoms with Gasteiger partial charge in [0.05, 0.1) is 18.5 Å². The molecule has 0 aliphatic carbocycles. The van der Waals surface area contributed by atoms with Gasteiger partial charge in [0, 0.05) is 11.6 Å². The molecule has 4 rings (SSSR count). The minimum atomic E-state index is -0.347. The predicted octanol–water partition coefficient (Wildman–Crippen LogP) is 5.24. The maximum Gasteiger partial charge on any atom is 0.410 e. The van der Waals surface area contributed by atoms with Crippen molar-refractivity contribution >= 4 is 11.7 Å². The lowest BCUT2D eigenvalue weighted by atomic mass is 9.83. The van der Waals surface area contributed by atoms with Crippen molar-refractivity contribution in [1.82, 2.24) is 4.90 Å². The van der Waals surface area contributed by atoms with Gasteiger partial charge in [-0.2, -0.15) is 5.26 Å². The number of carbonyl (C=O) groups is 1. The Morgan fingerprint density at radius 1 is 1.21 bits per heavy atom. The topological polar surface area (TPSA) is 53.3 Å². The van der Waals surface area contributed by atoms with Gasteiger partial charge in [-0.05, 0) is 48.4 Å². The normalized spacial score (nSPS) is 20.6. The fourth-order valence-corrected chi connectivity index (χ4v) is 4.30. The van der Waals surface area contributed by atoms with Crippen molar-refractivity contribution in [2.75, 3.05) is 0 Å². The van der Waals surface area contributed by atoms with E-state index in [1.54, 1.807) is 6.07 Å². The van der Waals surface area contributed by atoms with Crippen LogP contribution in [0.25, 0.3) is 5.57 Å². The minimum Gasteiger partial charge on any atom is -0.445 e. The summed E-state index contributed by atoms with van der Waals surface area (Å²) in [6.07, 6.45) is 5.42. The van der Waals surface area contributed by atoms with Crippen molar-refractivity contribution in [3.8, 4) is 6.07 Å². The highest BCUT2D eigenvalue weighted by Crippen LogP contribution is 2.37. The second-order valence-electron chi connectivity index (χ2n) is 7.64. The minimum absolute atomic E-state index is 0.0254. The lowest BCUT2D eigenvalue weighted by molar-refractivity contribution is 0.0510. The Morgan fingerprint density at radius 3 is 2.76 bits per heavy atom. The molecule has 2 aromatic carbocycles. The zero-order chi connectivity index (χ0) is 20.2. The van der Waals surface area contributed by atoms with Gasteiger partial charge in [0.15, 0.2) is 0 Å². The van der Waals surface area contributed by atoms with Crippen LogP contribution in [-0.4, -0.2) is 23.1 Å². The molecule has 2 aromatic rings. The third-order valence-electron chi connectivity index (χ3n) is 5.75. The quantitative estimate of drug-likeness (QED) is 0.717. The molecule has 29 heavy (non-hydrogen) atoms. The lowest BCUT2D eigenvalue weighted by Crippen LogP contribution is -2.51. The summed E-state index contributed by atoms with van der Waals surface area (Å²) in [4.78, 5) is 14.6. The van der Waals surface area contributed by atoms with Crippen molar-refractivity contribution in [2.24, 2.45) is 0 Å². The number of hydrogen-bond donors (Lipinski definition) is 0. The predicted molar refractivity (Wildman–Crippen MR) is 108 cm³/mol. The van der Waals surface area contributed by atoms with Gasteiger partial charge in [0.1, 0.15) is 12.4 Å². The molecular formula is C24H23FN2O2. The van der Waals surface area contributed by atoms with E-state index >= 15 is 0 Å². The van der Waals surface area contributed by atoms with Gasteiger partial charge in [-0.15, -0.1) is 0 Å². The molecule has 2 atom stereocenters. The smallest absolute Gasteiger partial charge is 0.410 e. The number of halogens is 1. The number of nitriles is 1. The summed E-state index contributed by atoms with van der Waals surface area (Å²) in [7, 11) is 0. The molecule has 2 aliphatic heterocycles. The fraction of sp³-hybridized carbons (Fsp3) is 0.333. The monoisotopic (exact) mass is 390 g/mol. The number of hydrogen-bond acceptors (Lipinski definition) is 3. The molecular weight excluding hydrogens is 367 g/mol. The van der Waals surface area contributed by atoms with Crippen LogP contribution in [0.5, 0.6) is 0 Å². The molecule has 2 heterocycles. The Hall–Kier alpha value is -3.13. The third kappa shape index (κ3) is 4.17. The number of fused-ring (bicyclic) bond motifs is 2. The van der Waals surface area contributed by atoms with Gasteiger partial charge in [0.2, 0.25) is 0 Å². The van der Waals surface area contributed by atoms with Crippen LogP contribution < -0.4 is 0 Å². The van der Waals surface area contributed by atoms with E-state index in [2.05, 4.69) is 6.08 Å². The molecule has 1 fully saturated rings. The molecule has 0 saturated carbocycles. The van der Waals surface area contributed by atoms with E-state index < -0.39 is 0 Å². The first-order valence-electron chi connectivity index (χ1n) is 10.0. The summed E-state index contributed by atoms with van der Waals surface area (Å²) >= 11 is 0. The molecule has 5 heteroatoms. The van der Waals surface area contributed by atoms with Crippen molar-refractivity contribution in [3.63, 3.8) is 0 Å². The summed E-state index contributed by atoms with van der Waals surface area (Å²) in [6, 6.07) is 16.8. The van der Waals surface area contributed by atoms with Crippen molar-refractivity contribution in [2.45, 2.75) is 50.8 Å². The van der Waals surface area contributed by atoms with E-state index in [1.807, 2.05) is 47.4 Å². The van der Waals surface area contributed by atoms with Crippen LogP contribution in [-0.2, 0) is 17.8 Å². The second-order valence-corrected chi connectivity index (χ2v) is 7.64. The summed E-state index contributed by atoms with van der Waals surface area (Å²) in [5.41, 5.74) is 3.28. The van der Waals surface area contributed by atoms with Crippen LogP contribution >= 0.6 is 0 Å². The first kappa shape index (κ1) is 19.2. The molecule has 4 nitrogen and oxygen atoms in total. The molecule has 2 bridgehead atoms.